The molecule has 112 valence electrons. The van der Waals surface area contributed by atoms with Crippen LogP contribution < -0.4 is 4.90 Å². The Bertz CT molecular complexity index is 643. The highest BCUT2D eigenvalue weighted by Gasteiger charge is 2.33. The molecule has 0 spiro atoms. The molecule has 0 bridgehead atoms. The van der Waals surface area contributed by atoms with E-state index in [1.54, 1.807) is 0 Å². The molecule has 21 heavy (non-hydrogen) atoms. The summed E-state index contributed by atoms with van der Waals surface area (Å²) in [5.41, 5.74) is 2.75. The molecule has 1 saturated heterocycles. The molecule has 1 aromatic carbocycles. The molecule has 1 aromatic heterocycles. The van der Waals surface area contributed by atoms with Crippen molar-refractivity contribution in [2.24, 2.45) is 0 Å². The molecule has 2 atom stereocenters. The fraction of sp³-hybridized carbons (Fsp3) is 0.500. The van der Waals surface area contributed by atoms with Crippen molar-refractivity contribution in [2.75, 3.05) is 32.1 Å². The van der Waals surface area contributed by atoms with Crippen LogP contribution in [0, 0.1) is 6.92 Å². The Morgan fingerprint density at radius 2 is 1.90 bits per heavy atom. The van der Waals surface area contributed by atoms with Crippen LogP contribution in [-0.4, -0.2) is 59.3 Å². The maximum atomic E-state index is 10.0. The van der Waals surface area contributed by atoms with Crippen LogP contribution in [0.15, 0.2) is 24.3 Å². The highest BCUT2D eigenvalue weighted by Crippen LogP contribution is 2.28. The molecular formula is C16H22N4O. The summed E-state index contributed by atoms with van der Waals surface area (Å²) >= 11 is 0. The lowest BCUT2D eigenvalue weighted by Gasteiger charge is -2.28. The molecule has 5 nitrogen and oxygen atoms in total. The summed E-state index contributed by atoms with van der Waals surface area (Å²) in [7, 11) is 4.11. The van der Waals surface area contributed by atoms with E-state index < -0.39 is 0 Å². The monoisotopic (exact) mass is 286 g/mol. The molecular weight excluding hydrogens is 264 g/mol. The SMILES string of the molecule is Cc1nc2ccccc2nc1N1CC(O)CC1CN(C)C. The van der Waals surface area contributed by atoms with Crippen LogP contribution >= 0.6 is 0 Å². The number of β-amino-alcohol motifs (C(OH)–C–C–N with tert-alkyl or cyclic N) is 1. The lowest BCUT2D eigenvalue weighted by atomic mass is 10.2. The third-order valence-corrected chi connectivity index (χ3v) is 3.96. The number of aryl methyl sites for hydroxylation is 1. The van der Waals surface area contributed by atoms with Crippen LogP contribution in [0.5, 0.6) is 0 Å². The first-order valence-corrected chi connectivity index (χ1v) is 7.37. The minimum Gasteiger partial charge on any atom is -0.391 e. The topological polar surface area (TPSA) is 52.5 Å². The predicted molar refractivity (Wildman–Crippen MR) is 84.6 cm³/mol. The second-order valence-corrected chi connectivity index (χ2v) is 6.08. The van der Waals surface area contributed by atoms with E-state index >= 15 is 0 Å². The van der Waals surface area contributed by atoms with Crippen molar-refractivity contribution in [2.45, 2.75) is 25.5 Å². The number of nitrogens with zero attached hydrogens (tertiary/aromatic N) is 4. The van der Waals surface area contributed by atoms with Crippen LogP contribution in [0.1, 0.15) is 12.1 Å². The number of aliphatic hydroxyl groups is 1. The van der Waals surface area contributed by atoms with Gasteiger partial charge in [-0.25, -0.2) is 9.97 Å². The first kappa shape index (κ1) is 14.2. The van der Waals surface area contributed by atoms with Gasteiger partial charge in [-0.3, -0.25) is 0 Å². The van der Waals surface area contributed by atoms with Crippen molar-refractivity contribution < 1.29 is 5.11 Å². The quantitative estimate of drug-likeness (QED) is 0.925. The zero-order valence-corrected chi connectivity index (χ0v) is 12.8. The van der Waals surface area contributed by atoms with E-state index in [9.17, 15) is 5.11 Å². The predicted octanol–water partition coefficient (Wildman–Crippen LogP) is 1.44. The van der Waals surface area contributed by atoms with E-state index in [4.69, 9.17) is 4.98 Å². The standard InChI is InChI=1S/C16H22N4O/c1-11-16(18-15-7-5-4-6-14(15)17-11)20-10-13(21)8-12(20)9-19(2)3/h4-7,12-13,21H,8-10H2,1-3H3. The lowest BCUT2D eigenvalue weighted by molar-refractivity contribution is 0.191. The van der Waals surface area contributed by atoms with Crippen LogP contribution in [0.2, 0.25) is 0 Å². The molecule has 0 aliphatic carbocycles. The Labute approximate surface area is 125 Å². The summed E-state index contributed by atoms with van der Waals surface area (Å²) in [5.74, 6) is 0.900. The van der Waals surface area contributed by atoms with Gasteiger partial charge in [0.1, 0.15) is 0 Å². The molecule has 1 aliphatic rings. The number of anilines is 1. The Balaban J connectivity index is 1.99. The summed E-state index contributed by atoms with van der Waals surface area (Å²) in [4.78, 5) is 13.8. The van der Waals surface area contributed by atoms with E-state index in [0.29, 0.717) is 6.54 Å². The zero-order valence-electron chi connectivity index (χ0n) is 12.8. The minimum absolute atomic E-state index is 0.282. The van der Waals surface area contributed by atoms with E-state index in [1.165, 1.54) is 0 Å². The smallest absolute Gasteiger partial charge is 0.151 e. The molecule has 0 saturated carbocycles. The number of benzene rings is 1. The largest absolute Gasteiger partial charge is 0.391 e. The highest BCUT2D eigenvalue weighted by molar-refractivity contribution is 5.76. The van der Waals surface area contributed by atoms with Gasteiger partial charge in [-0.1, -0.05) is 12.1 Å². The molecule has 1 aliphatic heterocycles. The van der Waals surface area contributed by atoms with E-state index in [1.807, 2.05) is 31.2 Å². The third kappa shape index (κ3) is 2.84. The number of fused-ring (bicyclic) bond motifs is 1. The van der Waals surface area contributed by atoms with Gasteiger partial charge in [0.05, 0.1) is 22.8 Å². The first-order chi connectivity index (χ1) is 10.0. The summed E-state index contributed by atoms with van der Waals surface area (Å²) in [6, 6.07) is 8.20. The van der Waals surface area contributed by atoms with Crippen LogP contribution in [0.3, 0.4) is 0 Å². The minimum atomic E-state index is -0.289. The number of aromatic nitrogens is 2. The van der Waals surface area contributed by atoms with Gasteiger partial charge in [0, 0.05) is 19.1 Å². The lowest BCUT2D eigenvalue weighted by Crippen LogP contribution is -2.38. The number of rotatable bonds is 3. The molecule has 0 amide bonds. The Morgan fingerprint density at radius 3 is 2.57 bits per heavy atom. The molecule has 0 radical (unpaired) electrons. The van der Waals surface area contributed by atoms with Gasteiger partial charge in [0.25, 0.3) is 0 Å². The van der Waals surface area contributed by atoms with Gasteiger partial charge in [-0.2, -0.15) is 0 Å². The first-order valence-electron chi connectivity index (χ1n) is 7.37. The number of para-hydroxylation sites is 2. The number of aliphatic hydroxyl groups excluding tert-OH is 1. The second kappa shape index (κ2) is 5.58. The van der Waals surface area contributed by atoms with Crippen molar-refractivity contribution in [3.8, 4) is 0 Å². The fourth-order valence-corrected chi connectivity index (χ4v) is 3.10. The maximum absolute atomic E-state index is 10.0. The van der Waals surface area contributed by atoms with E-state index in [-0.39, 0.29) is 12.1 Å². The maximum Gasteiger partial charge on any atom is 0.151 e. The van der Waals surface area contributed by atoms with Crippen molar-refractivity contribution in [1.29, 1.82) is 0 Å². The molecule has 3 rings (SSSR count). The highest BCUT2D eigenvalue weighted by atomic mass is 16.3. The Hall–Kier alpha value is -1.72. The van der Waals surface area contributed by atoms with Gasteiger partial charge in [0.15, 0.2) is 5.82 Å². The number of hydrogen-bond donors (Lipinski definition) is 1. The Morgan fingerprint density at radius 1 is 1.24 bits per heavy atom. The second-order valence-electron chi connectivity index (χ2n) is 6.08. The molecule has 1 N–H and O–H groups in total. The van der Waals surface area contributed by atoms with Crippen molar-refractivity contribution in [3.63, 3.8) is 0 Å². The zero-order chi connectivity index (χ0) is 15.0. The van der Waals surface area contributed by atoms with Gasteiger partial charge < -0.3 is 14.9 Å². The molecule has 2 heterocycles. The molecule has 1 fully saturated rings. The van der Waals surface area contributed by atoms with Crippen LogP contribution in [0.4, 0.5) is 5.82 Å². The van der Waals surface area contributed by atoms with Crippen LogP contribution in [0.25, 0.3) is 11.0 Å². The summed E-state index contributed by atoms with van der Waals surface area (Å²) in [6.45, 7) is 3.53. The fourth-order valence-electron chi connectivity index (χ4n) is 3.10. The van der Waals surface area contributed by atoms with Gasteiger partial charge in [-0.05, 0) is 39.6 Å². The molecule has 5 heteroatoms. The summed E-state index contributed by atoms with van der Waals surface area (Å²) < 4.78 is 0. The van der Waals surface area contributed by atoms with Gasteiger partial charge in [-0.15, -0.1) is 0 Å². The Kier molecular flexibility index (Phi) is 3.78. The molecule has 2 aromatic rings. The van der Waals surface area contributed by atoms with Crippen molar-refractivity contribution in [3.05, 3.63) is 30.0 Å². The van der Waals surface area contributed by atoms with Gasteiger partial charge in [0.2, 0.25) is 0 Å². The van der Waals surface area contributed by atoms with E-state index in [0.717, 1.165) is 35.5 Å². The van der Waals surface area contributed by atoms with E-state index in [2.05, 4.69) is 28.9 Å². The molecule has 2 unspecified atom stereocenters. The van der Waals surface area contributed by atoms with Crippen molar-refractivity contribution >= 4 is 16.9 Å². The average Bonchev–Trinajstić information content (AvgIpc) is 2.77. The van der Waals surface area contributed by atoms with Crippen LogP contribution in [-0.2, 0) is 0 Å². The normalized spacial score (nSPS) is 22.4. The van der Waals surface area contributed by atoms with Crippen molar-refractivity contribution in [1.82, 2.24) is 14.9 Å². The number of hydrogen-bond acceptors (Lipinski definition) is 5. The summed E-state index contributed by atoms with van der Waals surface area (Å²) in [5, 5.41) is 10.0. The number of likely N-dealkylation sites (N-methyl/N-ethyl adjacent to an activating group) is 1. The van der Waals surface area contributed by atoms with Gasteiger partial charge >= 0.3 is 0 Å². The average molecular weight is 286 g/mol. The third-order valence-electron chi connectivity index (χ3n) is 3.96. The summed E-state index contributed by atoms with van der Waals surface area (Å²) in [6.07, 6.45) is 0.495.